The van der Waals surface area contributed by atoms with E-state index >= 15 is 0 Å². The van der Waals surface area contributed by atoms with E-state index in [2.05, 4.69) is 79.7 Å². The molecule has 0 spiro atoms. The second-order valence-corrected chi connectivity index (χ2v) is 11.0. The van der Waals surface area contributed by atoms with Crippen molar-refractivity contribution >= 4 is 62.4 Å². The first-order valence-electron chi connectivity index (χ1n) is 12.6. The van der Waals surface area contributed by atoms with E-state index in [0.717, 1.165) is 46.3 Å². The maximum atomic E-state index is 12.6. The molecule has 3 aromatic carbocycles. The summed E-state index contributed by atoms with van der Waals surface area (Å²) >= 11 is 2.71. The zero-order valence-electron chi connectivity index (χ0n) is 21.2. The molecule has 3 heterocycles. The second kappa shape index (κ2) is 11.4. The van der Waals surface area contributed by atoms with Crippen LogP contribution in [0.4, 0.5) is 0 Å². The zero-order valence-corrected chi connectivity index (χ0v) is 22.9. The number of aryl methyl sites for hydroxylation is 3. The molecule has 2 aromatic heterocycles. The summed E-state index contributed by atoms with van der Waals surface area (Å²) in [6.07, 6.45) is 0.872. The summed E-state index contributed by atoms with van der Waals surface area (Å²) in [6.45, 7) is 2.81. The summed E-state index contributed by atoms with van der Waals surface area (Å²) in [4.78, 5) is 17.5. The highest BCUT2D eigenvalue weighted by molar-refractivity contribution is 8.14. The van der Waals surface area contributed by atoms with E-state index in [9.17, 15) is 4.79 Å². The normalized spacial score (nSPS) is 13.4. The van der Waals surface area contributed by atoms with Crippen molar-refractivity contribution in [3.63, 3.8) is 0 Å². The monoisotopic (exact) mass is 551 g/mol. The lowest BCUT2D eigenvalue weighted by atomic mass is 10.1. The molecule has 0 radical (unpaired) electrons. The largest absolute Gasteiger partial charge is 0.323 e. The van der Waals surface area contributed by atoms with Crippen molar-refractivity contribution in [1.29, 1.82) is 0 Å². The number of nitrogens with zero attached hydrogens (tertiary/aromatic N) is 6. The fraction of sp³-hybridized carbons (Fsp3) is 0.172. The van der Waals surface area contributed by atoms with Crippen LogP contribution < -0.4 is 5.32 Å². The quantitative estimate of drug-likeness (QED) is 0.278. The van der Waals surface area contributed by atoms with E-state index in [1.165, 1.54) is 34.7 Å². The van der Waals surface area contributed by atoms with Gasteiger partial charge in [-0.2, -0.15) is 5.10 Å². The molecule has 39 heavy (non-hydrogen) atoms. The van der Waals surface area contributed by atoms with E-state index in [0.29, 0.717) is 16.1 Å². The van der Waals surface area contributed by atoms with Gasteiger partial charge >= 0.3 is 0 Å². The van der Waals surface area contributed by atoms with Crippen LogP contribution in [0.15, 0.2) is 94.2 Å². The Morgan fingerprint density at radius 1 is 0.974 bits per heavy atom. The number of fused-ring (bicyclic) bond motifs is 3. The third kappa shape index (κ3) is 5.71. The van der Waals surface area contributed by atoms with Gasteiger partial charge in [0.05, 0.1) is 17.0 Å². The number of hydrogen-bond donors (Lipinski definition) is 1. The molecule has 5 aromatic rings. The fourth-order valence-electron chi connectivity index (χ4n) is 4.40. The number of thioether (sulfide) groups is 2. The Labute approximate surface area is 234 Å². The first-order chi connectivity index (χ1) is 19.1. The van der Waals surface area contributed by atoms with E-state index < -0.39 is 0 Å². The van der Waals surface area contributed by atoms with Gasteiger partial charge in [0.15, 0.2) is 10.8 Å². The Kier molecular flexibility index (Phi) is 7.38. The smallest absolute Gasteiger partial charge is 0.236 e. The Balaban J connectivity index is 1.14. The number of hydrogen-bond acceptors (Lipinski definition) is 8. The minimum Gasteiger partial charge on any atom is -0.323 e. The molecular weight excluding hydrogens is 527 g/mol. The molecule has 0 unspecified atom stereocenters. The van der Waals surface area contributed by atoms with Gasteiger partial charge in [-0.3, -0.25) is 4.79 Å². The molecule has 8 nitrogen and oxygen atoms in total. The van der Waals surface area contributed by atoms with Crippen molar-refractivity contribution in [3.8, 4) is 0 Å². The van der Waals surface area contributed by atoms with Gasteiger partial charge < -0.3 is 9.88 Å². The molecule has 0 bridgehead atoms. The van der Waals surface area contributed by atoms with Gasteiger partial charge in [0.25, 0.3) is 0 Å². The van der Waals surface area contributed by atoms with Gasteiger partial charge in [-0.15, -0.1) is 15.3 Å². The number of nitrogens with one attached hydrogen (secondary N) is 1. The van der Waals surface area contributed by atoms with Gasteiger partial charge in [-0.1, -0.05) is 102 Å². The highest BCUT2D eigenvalue weighted by Crippen LogP contribution is 2.27. The molecule has 0 atom stereocenters. The Bertz CT molecular complexity index is 1710. The van der Waals surface area contributed by atoms with Crippen LogP contribution in [0.1, 0.15) is 16.7 Å². The SMILES string of the molecule is Cc1ccc(C2=NN=C(NC(=O)CSc3nnc4c5ccccc5n(CCc5ccccc5)c4n3)SC2)cc1. The lowest BCUT2D eigenvalue weighted by Gasteiger charge is -2.12. The Hall–Kier alpha value is -4.02. The summed E-state index contributed by atoms with van der Waals surface area (Å²) in [5, 5.41) is 22.1. The Morgan fingerprint density at radius 2 is 1.77 bits per heavy atom. The molecule has 1 aliphatic heterocycles. The first kappa shape index (κ1) is 25.3. The maximum Gasteiger partial charge on any atom is 0.236 e. The third-order valence-corrected chi connectivity index (χ3v) is 8.10. The standard InChI is InChI=1S/C29H25N7OS2/c1-19-11-13-21(14-12-19)23-17-38-28(34-32-23)30-25(37)18-39-29-31-27-26(33-35-29)22-9-5-6-10-24(22)36(27)16-15-20-7-3-2-4-8-20/h2-14H,15-18H2,1H3,(H,30,34,37). The van der Waals surface area contributed by atoms with E-state index in [1.807, 2.05) is 36.4 Å². The number of rotatable bonds is 7. The first-order valence-corrected chi connectivity index (χ1v) is 14.5. The minimum absolute atomic E-state index is 0.144. The molecular formula is C29H25N7OS2. The number of amidine groups is 1. The number of aromatic nitrogens is 4. The van der Waals surface area contributed by atoms with Crippen molar-refractivity contribution < 1.29 is 4.79 Å². The van der Waals surface area contributed by atoms with Gasteiger partial charge in [0.2, 0.25) is 11.1 Å². The van der Waals surface area contributed by atoms with Crippen LogP contribution in [0.2, 0.25) is 0 Å². The third-order valence-electron chi connectivity index (χ3n) is 6.39. The van der Waals surface area contributed by atoms with Crippen molar-refractivity contribution in [2.45, 2.75) is 25.0 Å². The fourth-order valence-corrected chi connectivity index (χ4v) is 5.76. The molecule has 1 aliphatic rings. The predicted molar refractivity (Wildman–Crippen MR) is 159 cm³/mol. The molecule has 1 N–H and O–H groups in total. The number of amides is 1. The van der Waals surface area contributed by atoms with Crippen LogP contribution in [0.3, 0.4) is 0 Å². The molecule has 0 saturated heterocycles. The van der Waals surface area contributed by atoms with Crippen molar-refractivity contribution in [3.05, 3.63) is 95.6 Å². The summed E-state index contributed by atoms with van der Waals surface area (Å²) in [6, 6.07) is 26.7. The zero-order chi connectivity index (χ0) is 26.6. The minimum atomic E-state index is -0.187. The van der Waals surface area contributed by atoms with Gasteiger partial charge in [-0.25, -0.2) is 4.98 Å². The molecule has 10 heteroatoms. The van der Waals surface area contributed by atoms with Crippen LogP contribution in [-0.2, 0) is 17.8 Å². The average Bonchev–Trinajstić information content (AvgIpc) is 3.29. The topological polar surface area (TPSA) is 97.4 Å². The van der Waals surface area contributed by atoms with Crippen LogP contribution in [0, 0.1) is 6.92 Å². The van der Waals surface area contributed by atoms with Crippen LogP contribution in [0.25, 0.3) is 22.1 Å². The number of carbonyl (C=O) groups is 1. The van der Waals surface area contributed by atoms with E-state index in [4.69, 9.17) is 4.98 Å². The highest BCUT2D eigenvalue weighted by atomic mass is 32.2. The van der Waals surface area contributed by atoms with Crippen LogP contribution in [0.5, 0.6) is 0 Å². The number of para-hydroxylation sites is 1. The van der Waals surface area contributed by atoms with Gasteiger partial charge in [0, 0.05) is 17.7 Å². The maximum absolute atomic E-state index is 12.6. The molecule has 0 fully saturated rings. The molecule has 0 aliphatic carbocycles. The van der Waals surface area contributed by atoms with E-state index in [-0.39, 0.29) is 11.7 Å². The molecule has 194 valence electrons. The molecule has 6 rings (SSSR count). The Morgan fingerprint density at radius 3 is 2.56 bits per heavy atom. The van der Waals surface area contributed by atoms with Crippen LogP contribution in [-0.4, -0.2) is 48.0 Å². The number of carbonyl (C=O) groups excluding carboxylic acids is 1. The van der Waals surface area contributed by atoms with Crippen molar-refractivity contribution in [2.24, 2.45) is 10.2 Å². The molecule has 1 amide bonds. The second-order valence-electron chi connectivity index (χ2n) is 9.11. The number of benzene rings is 3. The van der Waals surface area contributed by atoms with Gasteiger partial charge in [-0.05, 0) is 30.5 Å². The molecule has 0 saturated carbocycles. The lowest BCUT2D eigenvalue weighted by molar-refractivity contribution is -0.117. The summed E-state index contributed by atoms with van der Waals surface area (Å²) in [5.41, 5.74) is 7.00. The highest BCUT2D eigenvalue weighted by Gasteiger charge is 2.17. The predicted octanol–water partition coefficient (Wildman–Crippen LogP) is 5.25. The van der Waals surface area contributed by atoms with Gasteiger partial charge in [0.1, 0.15) is 5.52 Å². The van der Waals surface area contributed by atoms with Crippen molar-refractivity contribution in [2.75, 3.05) is 11.5 Å². The van der Waals surface area contributed by atoms with E-state index in [1.54, 1.807) is 0 Å². The average molecular weight is 552 g/mol. The summed E-state index contributed by atoms with van der Waals surface area (Å²) in [5.74, 6) is 0.603. The summed E-state index contributed by atoms with van der Waals surface area (Å²) in [7, 11) is 0. The van der Waals surface area contributed by atoms with Crippen molar-refractivity contribution in [1.82, 2.24) is 25.1 Å². The lowest BCUT2D eigenvalue weighted by Crippen LogP contribution is -2.31. The summed E-state index contributed by atoms with van der Waals surface area (Å²) < 4.78 is 2.19. The van der Waals surface area contributed by atoms with Crippen LogP contribution >= 0.6 is 23.5 Å².